The van der Waals surface area contributed by atoms with Crippen molar-refractivity contribution < 1.29 is 9.18 Å². The first-order valence-corrected chi connectivity index (χ1v) is 8.10. The van der Waals surface area contributed by atoms with Gasteiger partial charge in [-0.05, 0) is 43.0 Å². The number of halogens is 1. The summed E-state index contributed by atoms with van der Waals surface area (Å²) in [5.41, 5.74) is 3.13. The molecule has 24 heavy (non-hydrogen) atoms. The van der Waals surface area contributed by atoms with E-state index in [1.165, 1.54) is 0 Å². The molecule has 4 heteroatoms. The van der Waals surface area contributed by atoms with Crippen LogP contribution in [0.1, 0.15) is 41.3 Å². The van der Waals surface area contributed by atoms with Gasteiger partial charge in [0, 0.05) is 20.1 Å². The van der Waals surface area contributed by atoms with E-state index in [0.717, 1.165) is 11.1 Å². The van der Waals surface area contributed by atoms with E-state index in [1.54, 1.807) is 32.8 Å². The highest BCUT2D eigenvalue weighted by Crippen LogP contribution is 2.24. The third-order valence-electron chi connectivity index (χ3n) is 4.20. The zero-order chi connectivity index (χ0) is 17.9. The number of hydrogen-bond donors (Lipinski definition) is 1. The van der Waals surface area contributed by atoms with Crippen LogP contribution in [-0.2, 0) is 4.79 Å². The Balaban J connectivity index is 2.31. The molecule has 2 aromatic carbocycles. The molecule has 128 valence electrons. The number of aryl methyl sites for hydroxylation is 2. The molecule has 0 aliphatic rings. The predicted octanol–water partition coefficient (Wildman–Crippen LogP) is 3.92. The number of carbonyl (C=O) groups excluding carboxylic acids is 1. The third kappa shape index (κ3) is 4.01. The fourth-order valence-electron chi connectivity index (χ4n) is 2.79. The highest BCUT2D eigenvalue weighted by molar-refractivity contribution is 5.82. The number of amides is 1. The summed E-state index contributed by atoms with van der Waals surface area (Å²) < 4.78 is 13.9. The summed E-state index contributed by atoms with van der Waals surface area (Å²) in [6.45, 7) is 5.52. The van der Waals surface area contributed by atoms with Gasteiger partial charge in [-0.1, -0.05) is 42.5 Å². The molecule has 1 N–H and O–H groups in total. The molecule has 0 aliphatic heterocycles. The Hall–Kier alpha value is -2.20. The maximum Gasteiger partial charge on any atom is 0.243 e. The topological polar surface area (TPSA) is 32.3 Å². The van der Waals surface area contributed by atoms with Gasteiger partial charge in [-0.2, -0.15) is 0 Å². The van der Waals surface area contributed by atoms with Gasteiger partial charge in [0.05, 0.1) is 0 Å². The molecule has 0 bridgehead atoms. The number of likely N-dealkylation sites (N-methyl/N-ethyl adjacent to an activating group) is 1. The molecular formula is C20H25FN2O. The lowest BCUT2D eigenvalue weighted by molar-refractivity contribution is -0.131. The first-order valence-electron chi connectivity index (χ1n) is 8.10. The summed E-state index contributed by atoms with van der Waals surface area (Å²) in [5.74, 6) is -0.182. The van der Waals surface area contributed by atoms with Crippen LogP contribution >= 0.6 is 0 Å². The van der Waals surface area contributed by atoms with Gasteiger partial charge in [-0.15, -0.1) is 0 Å². The van der Waals surface area contributed by atoms with Crippen molar-refractivity contribution in [2.24, 2.45) is 0 Å². The van der Waals surface area contributed by atoms with E-state index < -0.39 is 6.04 Å². The number of benzene rings is 2. The lowest BCUT2D eigenvalue weighted by Crippen LogP contribution is -2.38. The largest absolute Gasteiger partial charge is 0.347 e. The van der Waals surface area contributed by atoms with Crippen molar-refractivity contribution >= 4 is 5.91 Å². The zero-order valence-corrected chi connectivity index (χ0v) is 14.9. The monoisotopic (exact) mass is 328 g/mol. The summed E-state index contributed by atoms with van der Waals surface area (Å²) in [6, 6.07) is 12.8. The Bertz CT molecular complexity index is 690. The highest BCUT2D eigenvalue weighted by Gasteiger charge is 2.24. The Labute approximate surface area is 143 Å². The molecule has 2 aromatic rings. The SMILES string of the molecule is Cc1cc([C@@H](C)N[C@@H](C(=O)N(C)C)c2ccccc2)cc(C)c1F. The van der Waals surface area contributed by atoms with Gasteiger partial charge in [-0.25, -0.2) is 4.39 Å². The van der Waals surface area contributed by atoms with Crippen LogP contribution < -0.4 is 5.32 Å². The smallest absolute Gasteiger partial charge is 0.243 e. The van der Waals surface area contributed by atoms with Gasteiger partial charge in [0.15, 0.2) is 0 Å². The molecule has 3 nitrogen and oxygen atoms in total. The molecular weight excluding hydrogens is 303 g/mol. The lowest BCUT2D eigenvalue weighted by atomic mass is 9.99. The molecule has 0 unspecified atom stereocenters. The number of rotatable bonds is 5. The Morgan fingerprint density at radius 1 is 1.04 bits per heavy atom. The first-order chi connectivity index (χ1) is 11.3. The maximum absolute atomic E-state index is 13.9. The predicted molar refractivity (Wildman–Crippen MR) is 95.3 cm³/mol. The molecule has 0 fully saturated rings. The molecule has 0 radical (unpaired) electrons. The molecule has 0 spiro atoms. The fraction of sp³-hybridized carbons (Fsp3) is 0.350. The minimum atomic E-state index is -0.443. The molecule has 0 aliphatic carbocycles. The van der Waals surface area contributed by atoms with Gasteiger partial charge in [0.1, 0.15) is 11.9 Å². The van der Waals surface area contributed by atoms with Gasteiger partial charge in [-0.3, -0.25) is 10.1 Å². The Morgan fingerprint density at radius 2 is 1.58 bits per heavy atom. The van der Waals surface area contributed by atoms with E-state index in [1.807, 2.05) is 49.4 Å². The van der Waals surface area contributed by atoms with Crippen molar-refractivity contribution in [3.63, 3.8) is 0 Å². The van der Waals surface area contributed by atoms with E-state index in [2.05, 4.69) is 5.32 Å². The number of hydrogen-bond acceptors (Lipinski definition) is 2. The Kier molecular flexibility index (Phi) is 5.73. The van der Waals surface area contributed by atoms with Gasteiger partial charge in [0.2, 0.25) is 5.91 Å². The number of nitrogens with zero attached hydrogens (tertiary/aromatic N) is 1. The second kappa shape index (κ2) is 7.58. The van der Waals surface area contributed by atoms with Crippen LogP contribution in [0.3, 0.4) is 0 Å². The van der Waals surface area contributed by atoms with Crippen molar-refractivity contribution in [2.75, 3.05) is 14.1 Å². The number of nitrogens with one attached hydrogen (secondary N) is 1. The maximum atomic E-state index is 13.9. The first kappa shape index (κ1) is 18.1. The van der Waals surface area contributed by atoms with Crippen molar-refractivity contribution in [3.05, 3.63) is 70.5 Å². The summed E-state index contributed by atoms with van der Waals surface area (Å²) in [7, 11) is 3.49. The average molecular weight is 328 g/mol. The summed E-state index contributed by atoms with van der Waals surface area (Å²) in [6.07, 6.45) is 0. The van der Waals surface area contributed by atoms with Crippen LogP contribution in [0.4, 0.5) is 4.39 Å². The van der Waals surface area contributed by atoms with E-state index in [4.69, 9.17) is 0 Å². The second-order valence-corrected chi connectivity index (χ2v) is 6.43. The van der Waals surface area contributed by atoms with Crippen molar-refractivity contribution in [3.8, 4) is 0 Å². The quantitative estimate of drug-likeness (QED) is 0.902. The standard InChI is InChI=1S/C20H25FN2O/c1-13-11-17(12-14(2)18(13)21)15(3)22-19(20(24)23(4)5)16-9-7-6-8-10-16/h6-12,15,19,22H,1-5H3/t15-,19-/m1/s1. The van der Waals surface area contributed by atoms with Crippen LogP contribution in [0, 0.1) is 19.7 Å². The minimum Gasteiger partial charge on any atom is -0.347 e. The molecule has 0 saturated heterocycles. The normalized spacial score (nSPS) is 13.4. The van der Waals surface area contributed by atoms with Crippen LogP contribution in [-0.4, -0.2) is 24.9 Å². The second-order valence-electron chi connectivity index (χ2n) is 6.43. The van der Waals surface area contributed by atoms with E-state index >= 15 is 0 Å². The molecule has 2 atom stereocenters. The minimum absolute atomic E-state index is 0.0106. The van der Waals surface area contributed by atoms with Crippen LogP contribution in [0.15, 0.2) is 42.5 Å². The fourth-order valence-corrected chi connectivity index (χ4v) is 2.79. The van der Waals surface area contributed by atoms with Crippen LogP contribution in [0.2, 0.25) is 0 Å². The van der Waals surface area contributed by atoms with Crippen molar-refractivity contribution in [2.45, 2.75) is 32.9 Å². The van der Waals surface area contributed by atoms with Gasteiger partial charge >= 0.3 is 0 Å². The zero-order valence-electron chi connectivity index (χ0n) is 14.9. The van der Waals surface area contributed by atoms with E-state index in [-0.39, 0.29) is 17.8 Å². The lowest BCUT2D eigenvalue weighted by Gasteiger charge is -2.26. The average Bonchev–Trinajstić information content (AvgIpc) is 2.56. The number of carbonyl (C=O) groups is 1. The third-order valence-corrected chi connectivity index (χ3v) is 4.20. The molecule has 1 amide bonds. The van der Waals surface area contributed by atoms with Crippen molar-refractivity contribution in [1.82, 2.24) is 10.2 Å². The van der Waals surface area contributed by atoms with Crippen molar-refractivity contribution in [1.29, 1.82) is 0 Å². The molecule has 0 saturated carbocycles. The van der Waals surface area contributed by atoms with Gasteiger partial charge in [0.25, 0.3) is 0 Å². The highest BCUT2D eigenvalue weighted by atomic mass is 19.1. The summed E-state index contributed by atoms with van der Waals surface area (Å²) >= 11 is 0. The van der Waals surface area contributed by atoms with E-state index in [9.17, 15) is 9.18 Å². The molecule has 0 aromatic heterocycles. The summed E-state index contributed by atoms with van der Waals surface area (Å²) in [4.78, 5) is 14.2. The van der Waals surface area contributed by atoms with Gasteiger partial charge < -0.3 is 4.90 Å². The summed E-state index contributed by atoms with van der Waals surface area (Å²) in [5, 5.41) is 3.39. The molecule has 2 rings (SSSR count). The molecule has 0 heterocycles. The van der Waals surface area contributed by atoms with Crippen LogP contribution in [0.5, 0.6) is 0 Å². The Morgan fingerprint density at radius 3 is 2.08 bits per heavy atom. The van der Waals surface area contributed by atoms with Crippen LogP contribution in [0.25, 0.3) is 0 Å². The van der Waals surface area contributed by atoms with E-state index in [0.29, 0.717) is 11.1 Å².